The van der Waals surface area contributed by atoms with Crippen LogP contribution in [0.2, 0.25) is 0 Å². The first-order valence-electron chi connectivity index (χ1n) is 10.5. The number of piperazine rings is 1. The maximum absolute atomic E-state index is 12.9. The maximum Gasteiger partial charge on any atom is 0.263 e. The van der Waals surface area contributed by atoms with Crippen molar-refractivity contribution in [1.82, 2.24) is 20.1 Å². The van der Waals surface area contributed by atoms with Gasteiger partial charge in [0, 0.05) is 44.1 Å². The normalized spacial score (nSPS) is 14.9. The van der Waals surface area contributed by atoms with Crippen molar-refractivity contribution in [3.05, 3.63) is 66.0 Å². The summed E-state index contributed by atoms with van der Waals surface area (Å²) < 4.78 is 5.98. The fraction of sp³-hybridized carbons (Fsp3) is 0.333. The van der Waals surface area contributed by atoms with E-state index in [1.54, 1.807) is 12.4 Å². The standard InChI is InChI=1S/C24H27N5O2/c1-17-5-4-6-22(18(17)2)31-19(3)24(30)29-15-13-28(14-16-29)23-8-7-21(26-27-23)20-9-11-25-12-10-20/h4-12,19H,13-16H2,1-3H3. The molecule has 1 fully saturated rings. The van der Waals surface area contributed by atoms with E-state index in [-0.39, 0.29) is 5.91 Å². The Hall–Kier alpha value is -3.48. The van der Waals surface area contributed by atoms with E-state index >= 15 is 0 Å². The molecule has 0 aliphatic carbocycles. The molecular weight excluding hydrogens is 390 g/mol. The van der Waals surface area contributed by atoms with Gasteiger partial charge in [0.25, 0.3) is 5.91 Å². The van der Waals surface area contributed by atoms with Crippen molar-refractivity contribution in [2.24, 2.45) is 0 Å². The van der Waals surface area contributed by atoms with Crippen LogP contribution >= 0.6 is 0 Å². The lowest BCUT2D eigenvalue weighted by Crippen LogP contribution is -2.52. The highest BCUT2D eigenvalue weighted by Crippen LogP contribution is 2.23. The molecule has 3 heterocycles. The molecule has 0 saturated carbocycles. The van der Waals surface area contributed by atoms with Crippen LogP contribution in [-0.4, -0.2) is 58.3 Å². The number of ether oxygens (including phenoxy) is 1. The average molecular weight is 418 g/mol. The number of carbonyl (C=O) groups is 1. The summed E-state index contributed by atoms with van der Waals surface area (Å²) in [5.41, 5.74) is 4.03. The molecule has 0 bridgehead atoms. The van der Waals surface area contributed by atoms with Crippen molar-refractivity contribution in [1.29, 1.82) is 0 Å². The predicted octanol–water partition coefficient (Wildman–Crippen LogP) is 3.27. The van der Waals surface area contributed by atoms with Crippen molar-refractivity contribution in [3.63, 3.8) is 0 Å². The van der Waals surface area contributed by atoms with E-state index < -0.39 is 6.10 Å². The number of hydrogen-bond donors (Lipinski definition) is 0. The highest BCUT2D eigenvalue weighted by atomic mass is 16.5. The number of hydrogen-bond acceptors (Lipinski definition) is 6. The molecule has 0 N–H and O–H groups in total. The van der Waals surface area contributed by atoms with Gasteiger partial charge in [-0.05, 0) is 62.2 Å². The molecule has 0 spiro atoms. The SMILES string of the molecule is Cc1cccc(OC(C)C(=O)N2CCN(c3ccc(-c4ccncc4)nn3)CC2)c1C. The Morgan fingerprint density at radius 1 is 0.968 bits per heavy atom. The van der Waals surface area contributed by atoms with Gasteiger partial charge in [-0.25, -0.2) is 0 Å². The number of rotatable bonds is 5. The van der Waals surface area contributed by atoms with Crippen LogP contribution in [0.1, 0.15) is 18.1 Å². The zero-order valence-corrected chi connectivity index (χ0v) is 18.2. The van der Waals surface area contributed by atoms with E-state index in [0.29, 0.717) is 26.2 Å². The Kier molecular flexibility index (Phi) is 6.11. The van der Waals surface area contributed by atoms with Gasteiger partial charge in [-0.15, -0.1) is 10.2 Å². The summed E-state index contributed by atoms with van der Waals surface area (Å²) in [4.78, 5) is 20.9. The first kappa shape index (κ1) is 20.8. The van der Waals surface area contributed by atoms with E-state index in [9.17, 15) is 4.79 Å². The Morgan fingerprint density at radius 3 is 2.39 bits per heavy atom. The van der Waals surface area contributed by atoms with Crippen LogP contribution < -0.4 is 9.64 Å². The topological polar surface area (TPSA) is 71.5 Å². The van der Waals surface area contributed by atoms with Crippen molar-refractivity contribution in [2.45, 2.75) is 26.9 Å². The zero-order valence-electron chi connectivity index (χ0n) is 18.2. The number of amides is 1. The number of aromatic nitrogens is 3. The molecule has 1 saturated heterocycles. The monoisotopic (exact) mass is 417 g/mol. The van der Waals surface area contributed by atoms with Crippen LogP contribution in [0.4, 0.5) is 5.82 Å². The molecule has 7 nitrogen and oxygen atoms in total. The third-order valence-corrected chi connectivity index (χ3v) is 5.75. The summed E-state index contributed by atoms with van der Waals surface area (Å²) in [6.45, 7) is 8.57. The van der Waals surface area contributed by atoms with Gasteiger partial charge in [0.1, 0.15) is 5.75 Å². The van der Waals surface area contributed by atoms with Gasteiger partial charge in [-0.1, -0.05) is 12.1 Å². The number of nitrogens with zero attached hydrogens (tertiary/aromatic N) is 5. The van der Waals surface area contributed by atoms with Crippen LogP contribution in [0, 0.1) is 13.8 Å². The average Bonchev–Trinajstić information content (AvgIpc) is 2.82. The molecule has 160 valence electrons. The second kappa shape index (κ2) is 9.12. The van der Waals surface area contributed by atoms with Crippen LogP contribution in [0.5, 0.6) is 5.75 Å². The first-order valence-corrected chi connectivity index (χ1v) is 10.5. The van der Waals surface area contributed by atoms with Crippen molar-refractivity contribution in [3.8, 4) is 17.0 Å². The van der Waals surface area contributed by atoms with Crippen LogP contribution in [0.3, 0.4) is 0 Å². The molecule has 1 aliphatic heterocycles. The quantitative estimate of drug-likeness (QED) is 0.635. The van der Waals surface area contributed by atoms with Crippen molar-refractivity contribution in [2.75, 3.05) is 31.1 Å². The summed E-state index contributed by atoms with van der Waals surface area (Å²) in [7, 11) is 0. The van der Waals surface area contributed by atoms with E-state index in [2.05, 4.69) is 20.1 Å². The summed E-state index contributed by atoms with van der Waals surface area (Å²) in [6, 6.07) is 13.7. The van der Waals surface area contributed by atoms with E-state index in [0.717, 1.165) is 34.0 Å². The number of pyridine rings is 1. The van der Waals surface area contributed by atoms with Gasteiger partial charge < -0.3 is 14.5 Å². The predicted molar refractivity (Wildman–Crippen MR) is 120 cm³/mol. The van der Waals surface area contributed by atoms with E-state index in [1.807, 2.05) is 68.1 Å². The van der Waals surface area contributed by atoms with E-state index in [4.69, 9.17) is 4.74 Å². The molecule has 7 heteroatoms. The molecule has 2 aromatic heterocycles. The van der Waals surface area contributed by atoms with Crippen molar-refractivity contribution >= 4 is 11.7 Å². The minimum atomic E-state index is -0.522. The zero-order chi connectivity index (χ0) is 21.8. The molecule has 4 rings (SSSR count). The van der Waals surface area contributed by atoms with Crippen molar-refractivity contribution < 1.29 is 9.53 Å². The molecule has 3 aromatic rings. The van der Waals surface area contributed by atoms with Gasteiger partial charge in [-0.2, -0.15) is 0 Å². The number of anilines is 1. The third-order valence-electron chi connectivity index (χ3n) is 5.75. The van der Waals surface area contributed by atoms with Crippen LogP contribution in [0.25, 0.3) is 11.3 Å². The highest BCUT2D eigenvalue weighted by Gasteiger charge is 2.27. The fourth-order valence-corrected chi connectivity index (χ4v) is 3.68. The minimum Gasteiger partial charge on any atom is -0.481 e. The lowest BCUT2D eigenvalue weighted by molar-refractivity contribution is -0.138. The molecular formula is C24H27N5O2. The minimum absolute atomic E-state index is 0.0136. The molecule has 31 heavy (non-hydrogen) atoms. The Bertz CT molecular complexity index is 1030. The highest BCUT2D eigenvalue weighted by molar-refractivity contribution is 5.81. The van der Waals surface area contributed by atoms with Gasteiger partial charge in [0.05, 0.1) is 5.69 Å². The second-order valence-electron chi connectivity index (χ2n) is 7.78. The third kappa shape index (κ3) is 4.66. The molecule has 0 radical (unpaired) electrons. The molecule has 1 aliphatic rings. The molecule has 1 atom stereocenters. The number of aryl methyl sites for hydroxylation is 1. The lowest BCUT2D eigenvalue weighted by atomic mass is 10.1. The number of benzene rings is 1. The Balaban J connectivity index is 1.33. The van der Waals surface area contributed by atoms with Gasteiger partial charge in [-0.3, -0.25) is 9.78 Å². The first-order chi connectivity index (χ1) is 15.0. The van der Waals surface area contributed by atoms with Gasteiger partial charge >= 0.3 is 0 Å². The molecule has 1 aromatic carbocycles. The maximum atomic E-state index is 12.9. The van der Waals surface area contributed by atoms with Gasteiger partial charge in [0.2, 0.25) is 0 Å². The van der Waals surface area contributed by atoms with Crippen LogP contribution in [0.15, 0.2) is 54.9 Å². The van der Waals surface area contributed by atoms with Crippen LogP contribution in [-0.2, 0) is 4.79 Å². The molecule has 1 unspecified atom stereocenters. The lowest BCUT2D eigenvalue weighted by Gasteiger charge is -2.36. The largest absolute Gasteiger partial charge is 0.481 e. The Morgan fingerprint density at radius 2 is 1.71 bits per heavy atom. The second-order valence-corrected chi connectivity index (χ2v) is 7.78. The summed E-state index contributed by atoms with van der Waals surface area (Å²) in [6.07, 6.45) is 2.96. The fourth-order valence-electron chi connectivity index (χ4n) is 3.68. The number of carbonyl (C=O) groups excluding carboxylic acids is 1. The molecule has 1 amide bonds. The Labute approximate surface area is 182 Å². The van der Waals surface area contributed by atoms with E-state index in [1.165, 1.54) is 0 Å². The smallest absolute Gasteiger partial charge is 0.263 e. The summed E-state index contributed by atoms with van der Waals surface area (Å²) >= 11 is 0. The summed E-state index contributed by atoms with van der Waals surface area (Å²) in [5, 5.41) is 8.73. The summed E-state index contributed by atoms with van der Waals surface area (Å²) in [5.74, 6) is 1.60. The van der Waals surface area contributed by atoms with Gasteiger partial charge in [0.15, 0.2) is 11.9 Å².